The van der Waals surface area contributed by atoms with Crippen LogP contribution in [-0.4, -0.2) is 32.2 Å². The number of benzene rings is 1. The zero-order valence-electron chi connectivity index (χ0n) is 16.5. The SMILES string of the molecule is Cc1cc(Nc2nc(C3CC[C@@H](NC(=O)c4ccccc4)C3)cnc2C(N)=O)sn1. The van der Waals surface area contributed by atoms with Gasteiger partial charge in [-0.25, -0.2) is 9.97 Å². The van der Waals surface area contributed by atoms with Gasteiger partial charge in [0.15, 0.2) is 11.5 Å². The number of rotatable bonds is 6. The number of carbonyl (C=O) groups excluding carboxylic acids is 2. The molecule has 0 aliphatic heterocycles. The molecule has 1 unspecified atom stereocenters. The Morgan fingerprint density at radius 2 is 2.00 bits per heavy atom. The maximum absolute atomic E-state index is 12.4. The van der Waals surface area contributed by atoms with Crippen molar-refractivity contribution in [2.75, 3.05) is 5.32 Å². The van der Waals surface area contributed by atoms with Gasteiger partial charge in [0, 0.05) is 23.7 Å². The van der Waals surface area contributed by atoms with Gasteiger partial charge in [0.25, 0.3) is 11.8 Å². The van der Waals surface area contributed by atoms with Gasteiger partial charge in [0.2, 0.25) is 0 Å². The average molecular weight is 423 g/mol. The van der Waals surface area contributed by atoms with Crippen molar-refractivity contribution in [1.82, 2.24) is 19.7 Å². The lowest BCUT2D eigenvalue weighted by molar-refractivity contribution is 0.0936. The number of aromatic nitrogens is 3. The topological polar surface area (TPSA) is 123 Å². The standard InChI is InChI=1S/C21H22N6O2S/c1-12-9-17(30-27-12)26-20-18(19(22)28)23-11-16(25-20)14-7-8-15(10-14)24-21(29)13-5-3-2-4-6-13/h2-6,9,11,14-15H,7-8,10H2,1H3,(H2,22,28)(H,24,29)(H,25,26)/t14?,15-/m1/s1. The highest BCUT2D eigenvalue weighted by Gasteiger charge is 2.29. The molecule has 2 heterocycles. The third-order valence-electron chi connectivity index (χ3n) is 5.12. The number of hydrogen-bond donors (Lipinski definition) is 3. The summed E-state index contributed by atoms with van der Waals surface area (Å²) in [4.78, 5) is 33.1. The van der Waals surface area contributed by atoms with Crippen molar-refractivity contribution in [2.24, 2.45) is 5.73 Å². The van der Waals surface area contributed by atoms with Gasteiger partial charge in [-0.1, -0.05) is 18.2 Å². The molecule has 9 heteroatoms. The van der Waals surface area contributed by atoms with Crippen LogP contribution in [0, 0.1) is 6.92 Å². The van der Waals surface area contributed by atoms with E-state index in [1.165, 1.54) is 11.5 Å². The fourth-order valence-corrected chi connectivity index (χ4v) is 4.31. The van der Waals surface area contributed by atoms with Gasteiger partial charge in [0.1, 0.15) is 5.00 Å². The molecule has 1 saturated carbocycles. The lowest BCUT2D eigenvalue weighted by atomic mass is 10.0. The number of nitrogens with zero attached hydrogens (tertiary/aromatic N) is 3. The Balaban J connectivity index is 1.48. The second-order valence-corrected chi connectivity index (χ2v) is 8.17. The molecule has 4 rings (SSSR count). The van der Waals surface area contributed by atoms with Crippen molar-refractivity contribution in [3.8, 4) is 0 Å². The second-order valence-electron chi connectivity index (χ2n) is 7.36. The van der Waals surface area contributed by atoms with Gasteiger partial charge in [-0.2, -0.15) is 4.37 Å². The molecule has 154 valence electrons. The summed E-state index contributed by atoms with van der Waals surface area (Å²) in [7, 11) is 0. The number of primary amides is 1. The van der Waals surface area contributed by atoms with Crippen LogP contribution in [0.2, 0.25) is 0 Å². The quantitative estimate of drug-likeness (QED) is 0.561. The summed E-state index contributed by atoms with van der Waals surface area (Å²) in [6.07, 6.45) is 4.11. The van der Waals surface area contributed by atoms with Crippen molar-refractivity contribution < 1.29 is 9.59 Å². The van der Waals surface area contributed by atoms with Crippen molar-refractivity contribution in [3.05, 3.63) is 65.2 Å². The summed E-state index contributed by atoms with van der Waals surface area (Å²) >= 11 is 1.28. The minimum atomic E-state index is -0.641. The zero-order valence-corrected chi connectivity index (χ0v) is 17.3. The Labute approximate surface area is 178 Å². The number of nitrogens with one attached hydrogen (secondary N) is 2. The molecule has 1 aliphatic rings. The highest BCUT2D eigenvalue weighted by molar-refractivity contribution is 7.10. The third kappa shape index (κ3) is 4.46. The molecule has 8 nitrogen and oxygen atoms in total. The van der Waals surface area contributed by atoms with Crippen LogP contribution in [0.5, 0.6) is 0 Å². The molecule has 1 aromatic carbocycles. The number of amides is 2. The molecule has 0 saturated heterocycles. The van der Waals surface area contributed by atoms with E-state index in [2.05, 4.69) is 25.0 Å². The van der Waals surface area contributed by atoms with E-state index >= 15 is 0 Å². The summed E-state index contributed by atoms with van der Waals surface area (Å²) in [5, 5.41) is 6.98. The van der Waals surface area contributed by atoms with Gasteiger partial charge in [-0.15, -0.1) is 0 Å². The van der Waals surface area contributed by atoms with E-state index in [4.69, 9.17) is 5.73 Å². The van der Waals surface area contributed by atoms with Crippen LogP contribution in [0.15, 0.2) is 42.6 Å². The molecule has 1 aliphatic carbocycles. The van der Waals surface area contributed by atoms with Crippen molar-refractivity contribution in [2.45, 2.75) is 38.1 Å². The van der Waals surface area contributed by atoms with Gasteiger partial charge in [-0.05, 0) is 55.9 Å². The van der Waals surface area contributed by atoms with Gasteiger partial charge >= 0.3 is 0 Å². The number of hydrogen-bond acceptors (Lipinski definition) is 7. The van der Waals surface area contributed by atoms with Crippen LogP contribution in [0.1, 0.15) is 57.4 Å². The van der Waals surface area contributed by atoms with E-state index in [1.54, 1.807) is 18.3 Å². The molecule has 1 fully saturated rings. The van der Waals surface area contributed by atoms with Crippen molar-refractivity contribution in [1.29, 1.82) is 0 Å². The van der Waals surface area contributed by atoms with Gasteiger partial charge in [0.05, 0.1) is 11.4 Å². The maximum Gasteiger partial charge on any atom is 0.271 e. The first-order valence-corrected chi connectivity index (χ1v) is 10.5. The van der Waals surface area contributed by atoms with Crippen LogP contribution in [0.4, 0.5) is 10.8 Å². The largest absolute Gasteiger partial charge is 0.364 e. The molecule has 2 aromatic heterocycles. The van der Waals surface area contributed by atoms with Gasteiger partial charge in [-0.3, -0.25) is 9.59 Å². The summed E-state index contributed by atoms with van der Waals surface area (Å²) < 4.78 is 4.22. The molecular formula is C21H22N6O2S. The molecule has 0 spiro atoms. The summed E-state index contributed by atoms with van der Waals surface area (Å²) in [6.45, 7) is 1.89. The smallest absolute Gasteiger partial charge is 0.271 e. The van der Waals surface area contributed by atoms with E-state index in [-0.39, 0.29) is 23.6 Å². The average Bonchev–Trinajstić information content (AvgIpc) is 3.37. The van der Waals surface area contributed by atoms with Crippen LogP contribution < -0.4 is 16.4 Å². The third-order valence-corrected chi connectivity index (χ3v) is 5.91. The van der Waals surface area contributed by atoms with E-state index < -0.39 is 5.91 Å². The van der Waals surface area contributed by atoms with Crippen molar-refractivity contribution >= 4 is 34.2 Å². The predicted octanol–water partition coefficient (Wildman–Crippen LogP) is 3.15. The van der Waals surface area contributed by atoms with Crippen LogP contribution >= 0.6 is 11.5 Å². The highest BCUT2D eigenvalue weighted by Crippen LogP contribution is 2.34. The molecule has 2 amide bonds. The lowest BCUT2D eigenvalue weighted by Crippen LogP contribution is -2.32. The molecule has 30 heavy (non-hydrogen) atoms. The Morgan fingerprint density at radius 3 is 2.70 bits per heavy atom. The van der Waals surface area contributed by atoms with Crippen LogP contribution in [0.25, 0.3) is 0 Å². The minimum absolute atomic E-state index is 0.0701. The zero-order chi connectivity index (χ0) is 21.1. The first-order valence-electron chi connectivity index (χ1n) is 9.72. The van der Waals surface area contributed by atoms with E-state index in [0.29, 0.717) is 11.4 Å². The molecule has 4 N–H and O–H groups in total. The molecule has 0 radical (unpaired) electrons. The first kappa shape index (κ1) is 20.0. The van der Waals surface area contributed by atoms with Crippen LogP contribution in [-0.2, 0) is 0 Å². The summed E-state index contributed by atoms with van der Waals surface area (Å²) in [5.41, 5.74) is 7.87. The van der Waals surface area contributed by atoms with Crippen LogP contribution in [0.3, 0.4) is 0 Å². The van der Waals surface area contributed by atoms with E-state index in [9.17, 15) is 9.59 Å². The molecule has 3 aromatic rings. The Morgan fingerprint density at radius 1 is 1.20 bits per heavy atom. The number of nitrogens with two attached hydrogens (primary N) is 1. The van der Waals surface area contributed by atoms with E-state index in [0.717, 1.165) is 35.7 Å². The Bertz CT molecular complexity index is 1070. The molecule has 0 bridgehead atoms. The monoisotopic (exact) mass is 422 g/mol. The summed E-state index contributed by atoms with van der Waals surface area (Å²) in [5.74, 6) is -0.235. The number of carbonyl (C=O) groups is 2. The molecular weight excluding hydrogens is 400 g/mol. The summed E-state index contributed by atoms with van der Waals surface area (Å²) in [6, 6.07) is 11.1. The van der Waals surface area contributed by atoms with E-state index in [1.807, 2.05) is 31.2 Å². The fourth-order valence-electron chi connectivity index (χ4n) is 3.65. The number of aryl methyl sites for hydroxylation is 1. The highest BCUT2D eigenvalue weighted by atomic mass is 32.1. The maximum atomic E-state index is 12.4. The predicted molar refractivity (Wildman–Crippen MR) is 115 cm³/mol. The lowest BCUT2D eigenvalue weighted by Gasteiger charge is -2.15. The number of anilines is 2. The minimum Gasteiger partial charge on any atom is -0.364 e. The normalized spacial score (nSPS) is 18.2. The first-order chi connectivity index (χ1) is 14.5. The Kier molecular flexibility index (Phi) is 5.71. The second kappa shape index (κ2) is 8.58. The van der Waals surface area contributed by atoms with Gasteiger partial charge < -0.3 is 16.4 Å². The van der Waals surface area contributed by atoms with Crippen molar-refractivity contribution in [3.63, 3.8) is 0 Å². The fraction of sp³-hybridized carbons (Fsp3) is 0.286. The molecule has 2 atom stereocenters. The Hall–Kier alpha value is -3.33.